The minimum absolute atomic E-state index is 0.0812. The number of hydrogen-bond donors (Lipinski definition) is 2. The van der Waals surface area contributed by atoms with E-state index in [-0.39, 0.29) is 12.3 Å². The first-order valence-electron chi connectivity index (χ1n) is 9.13. The summed E-state index contributed by atoms with van der Waals surface area (Å²) >= 11 is 5.89. The van der Waals surface area contributed by atoms with Gasteiger partial charge in [0.05, 0.1) is 11.8 Å². The van der Waals surface area contributed by atoms with E-state index in [1.807, 2.05) is 55.1 Å². The van der Waals surface area contributed by atoms with Crippen molar-refractivity contribution in [2.24, 2.45) is 7.05 Å². The van der Waals surface area contributed by atoms with Crippen LogP contribution >= 0.6 is 11.6 Å². The van der Waals surface area contributed by atoms with Gasteiger partial charge in [0.1, 0.15) is 17.8 Å². The summed E-state index contributed by atoms with van der Waals surface area (Å²) < 4.78 is 1.93. The molecule has 0 fully saturated rings. The third-order valence-electron chi connectivity index (χ3n) is 4.86. The highest BCUT2D eigenvalue weighted by Gasteiger charge is 2.15. The number of aryl methyl sites for hydroxylation is 2. The Hall–Kier alpha value is -3.38. The van der Waals surface area contributed by atoms with Crippen LogP contribution in [0.5, 0.6) is 0 Å². The number of hydrogen-bond acceptors (Lipinski definition) is 4. The van der Waals surface area contributed by atoms with E-state index in [4.69, 9.17) is 17.3 Å². The van der Waals surface area contributed by atoms with Gasteiger partial charge in [0.15, 0.2) is 0 Å². The molecule has 0 aliphatic carbocycles. The normalized spacial score (nSPS) is 11.0. The van der Waals surface area contributed by atoms with Crippen molar-refractivity contribution in [2.45, 2.75) is 13.3 Å². The maximum atomic E-state index is 12.4. The summed E-state index contributed by atoms with van der Waals surface area (Å²) in [6.45, 7) is 2.00. The van der Waals surface area contributed by atoms with Crippen molar-refractivity contribution in [2.75, 3.05) is 11.1 Å². The maximum absolute atomic E-state index is 12.4. The Kier molecular flexibility index (Phi) is 4.94. The number of benzene rings is 2. The van der Waals surface area contributed by atoms with E-state index in [1.165, 1.54) is 6.33 Å². The summed E-state index contributed by atoms with van der Waals surface area (Å²) in [6, 6.07) is 13.1. The van der Waals surface area contributed by atoms with Crippen molar-refractivity contribution in [3.63, 3.8) is 0 Å². The summed E-state index contributed by atoms with van der Waals surface area (Å²) in [5.74, 6) is 0.368. The molecule has 2 heterocycles. The molecule has 0 bridgehead atoms. The Morgan fingerprint density at radius 1 is 1.14 bits per heavy atom. The number of anilines is 2. The van der Waals surface area contributed by atoms with E-state index >= 15 is 0 Å². The van der Waals surface area contributed by atoms with Gasteiger partial charge in [-0.25, -0.2) is 9.97 Å². The van der Waals surface area contributed by atoms with Crippen LogP contribution in [-0.2, 0) is 18.3 Å². The van der Waals surface area contributed by atoms with E-state index in [0.717, 1.165) is 39.0 Å². The van der Waals surface area contributed by atoms with Gasteiger partial charge in [0.25, 0.3) is 0 Å². The predicted molar refractivity (Wildman–Crippen MR) is 117 cm³/mol. The summed E-state index contributed by atoms with van der Waals surface area (Å²) in [6.07, 6.45) is 3.75. The van der Waals surface area contributed by atoms with Gasteiger partial charge < -0.3 is 15.6 Å². The van der Waals surface area contributed by atoms with Crippen molar-refractivity contribution >= 4 is 40.0 Å². The SMILES string of the molecule is Cc1cc(NC(=O)Cc2ccc(Cl)cc2)ccc1-c1cn(C)c2ncnc(N)c12. The van der Waals surface area contributed by atoms with Crippen LogP contribution in [-0.4, -0.2) is 20.4 Å². The Morgan fingerprint density at radius 2 is 1.90 bits per heavy atom. The molecule has 0 saturated carbocycles. The van der Waals surface area contributed by atoms with Crippen LogP contribution in [0.15, 0.2) is 55.0 Å². The van der Waals surface area contributed by atoms with Crippen LogP contribution in [0.25, 0.3) is 22.2 Å². The minimum atomic E-state index is -0.0812. The van der Waals surface area contributed by atoms with Crippen LogP contribution in [0.4, 0.5) is 11.5 Å². The quantitative estimate of drug-likeness (QED) is 0.528. The van der Waals surface area contributed by atoms with Crippen molar-refractivity contribution < 1.29 is 4.79 Å². The molecule has 2 aromatic carbocycles. The maximum Gasteiger partial charge on any atom is 0.228 e. The first-order valence-corrected chi connectivity index (χ1v) is 9.51. The molecule has 0 spiro atoms. The first kappa shape index (κ1) is 19.0. The van der Waals surface area contributed by atoms with Gasteiger partial charge in [-0.2, -0.15) is 0 Å². The largest absolute Gasteiger partial charge is 0.383 e. The molecule has 0 aliphatic heterocycles. The topological polar surface area (TPSA) is 85.8 Å². The van der Waals surface area contributed by atoms with Gasteiger partial charge in [-0.3, -0.25) is 4.79 Å². The van der Waals surface area contributed by atoms with Gasteiger partial charge in [0, 0.05) is 29.5 Å². The fraction of sp³-hybridized carbons (Fsp3) is 0.136. The molecule has 0 atom stereocenters. The molecule has 4 aromatic rings. The van der Waals surface area contributed by atoms with Crippen LogP contribution in [0.3, 0.4) is 0 Å². The lowest BCUT2D eigenvalue weighted by atomic mass is 10.00. The fourth-order valence-electron chi connectivity index (χ4n) is 3.48. The van der Waals surface area contributed by atoms with E-state index in [1.54, 1.807) is 12.1 Å². The standard InChI is InChI=1S/C22H20ClN5O/c1-13-9-16(27-19(29)10-14-3-5-15(23)6-4-14)7-8-17(13)18-11-28(2)22-20(18)21(24)25-12-26-22/h3-9,11-12H,10H2,1-2H3,(H,27,29)(H2,24,25,26). The highest BCUT2D eigenvalue weighted by atomic mass is 35.5. The summed E-state index contributed by atoms with van der Waals surface area (Å²) in [5, 5.41) is 4.44. The second kappa shape index (κ2) is 7.56. The number of halogens is 1. The van der Waals surface area contributed by atoms with Crippen LogP contribution < -0.4 is 11.1 Å². The lowest BCUT2D eigenvalue weighted by molar-refractivity contribution is -0.115. The first-order chi connectivity index (χ1) is 13.9. The van der Waals surface area contributed by atoms with E-state index < -0.39 is 0 Å². The number of fused-ring (bicyclic) bond motifs is 1. The number of rotatable bonds is 4. The number of nitrogen functional groups attached to an aromatic ring is 1. The Morgan fingerprint density at radius 3 is 2.62 bits per heavy atom. The molecule has 4 rings (SSSR count). The molecule has 146 valence electrons. The van der Waals surface area contributed by atoms with E-state index in [2.05, 4.69) is 15.3 Å². The lowest BCUT2D eigenvalue weighted by Crippen LogP contribution is -2.14. The average Bonchev–Trinajstić information content (AvgIpc) is 3.01. The molecule has 1 amide bonds. The summed E-state index contributed by atoms with van der Waals surface area (Å²) in [4.78, 5) is 20.8. The molecule has 0 unspecified atom stereocenters. The van der Waals surface area contributed by atoms with Gasteiger partial charge in [-0.15, -0.1) is 0 Å². The zero-order valence-electron chi connectivity index (χ0n) is 16.1. The molecule has 7 heteroatoms. The van der Waals surface area contributed by atoms with Crippen molar-refractivity contribution in [1.29, 1.82) is 0 Å². The van der Waals surface area contributed by atoms with Crippen LogP contribution in [0.2, 0.25) is 5.02 Å². The number of carbonyl (C=O) groups excluding carboxylic acids is 1. The number of amides is 1. The number of aromatic nitrogens is 3. The second-order valence-electron chi connectivity index (χ2n) is 6.99. The predicted octanol–water partition coefficient (Wildman–Crippen LogP) is 4.36. The highest BCUT2D eigenvalue weighted by Crippen LogP contribution is 2.34. The fourth-order valence-corrected chi connectivity index (χ4v) is 3.60. The minimum Gasteiger partial charge on any atom is -0.383 e. The molecule has 3 N–H and O–H groups in total. The molecule has 0 aliphatic rings. The van der Waals surface area contributed by atoms with Crippen LogP contribution in [0, 0.1) is 6.92 Å². The monoisotopic (exact) mass is 405 g/mol. The molecule has 0 radical (unpaired) electrons. The van der Waals surface area contributed by atoms with Crippen molar-refractivity contribution in [3.8, 4) is 11.1 Å². The highest BCUT2D eigenvalue weighted by molar-refractivity contribution is 6.30. The smallest absolute Gasteiger partial charge is 0.228 e. The summed E-state index contributed by atoms with van der Waals surface area (Å²) in [5.41, 5.74) is 11.6. The van der Waals surface area contributed by atoms with Gasteiger partial charge >= 0.3 is 0 Å². The zero-order valence-corrected chi connectivity index (χ0v) is 16.9. The second-order valence-corrected chi connectivity index (χ2v) is 7.43. The Bertz CT molecular complexity index is 1210. The number of carbonyl (C=O) groups is 1. The summed E-state index contributed by atoms with van der Waals surface area (Å²) in [7, 11) is 1.93. The molecule has 29 heavy (non-hydrogen) atoms. The zero-order chi connectivity index (χ0) is 20.5. The number of nitrogens with one attached hydrogen (secondary N) is 1. The van der Waals surface area contributed by atoms with Gasteiger partial charge in [0.2, 0.25) is 5.91 Å². The lowest BCUT2D eigenvalue weighted by Gasteiger charge is -2.10. The molecule has 0 saturated heterocycles. The molecule has 6 nitrogen and oxygen atoms in total. The van der Waals surface area contributed by atoms with Crippen molar-refractivity contribution in [1.82, 2.24) is 14.5 Å². The van der Waals surface area contributed by atoms with E-state index in [9.17, 15) is 4.79 Å². The molecular weight excluding hydrogens is 386 g/mol. The van der Waals surface area contributed by atoms with Gasteiger partial charge in [-0.1, -0.05) is 29.8 Å². The van der Waals surface area contributed by atoms with Crippen LogP contribution in [0.1, 0.15) is 11.1 Å². The molecular formula is C22H20ClN5O. The average molecular weight is 406 g/mol. The number of nitrogens with zero attached hydrogens (tertiary/aromatic N) is 3. The third kappa shape index (κ3) is 3.79. The molecule has 2 aromatic heterocycles. The Labute approximate surface area is 173 Å². The third-order valence-corrected chi connectivity index (χ3v) is 5.11. The van der Waals surface area contributed by atoms with Gasteiger partial charge in [-0.05, 0) is 47.9 Å². The van der Waals surface area contributed by atoms with E-state index in [0.29, 0.717) is 10.8 Å². The van der Waals surface area contributed by atoms with Crippen molar-refractivity contribution in [3.05, 3.63) is 71.1 Å². The number of nitrogens with two attached hydrogens (primary N) is 1. The Balaban J connectivity index is 1.59.